The van der Waals surface area contributed by atoms with E-state index in [1.807, 2.05) is 12.1 Å². The van der Waals surface area contributed by atoms with Gasteiger partial charge in [-0.25, -0.2) is 4.98 Å². The van der Waals surface area contributed by atoms with E-state index in [1.165, 1.54) is 0 Å². The Morgan fingerprint density at radius 3 is 3.21 bits per heavy atom. The van der Waals surface area contributed by atoms with E-state index in [0.717, 1.165) is 16.8 Å². The predicted octanol–water partition coefficient (Wildman–Crippen LogP) is 2.99. The zero-order valence-corrected chi connectivity index (χ0v) is 8.21. The Kier molecular flexibility index (Phi) is 2.41. The van der Waals surface area contributed by atoms with Crippen molar-refractivity contribution in [2.45, 2.75) is 0 Å². The molecule has 4 heteroatoms. The first kappa shape index (κ1) is 9.09. The number of furan rings is 1. The van der Waals surface area contributed by atoms with Crippen LogP contribution in [0.5, 0.6) is 0 Å². The summed E-state index contributed by atoms with van der Waals surface area (Å²) in [6, 6.07) is 3.68. The standard InChI is InChI=1S/C10H9ClN2O/c1-7(11)6-13-10-8-3-5-14-9(8)2-4-12-10/h2-5H,1,6H2,(H,12,13). The Morgan fingerprint density at radius 1 is 1.57 bits per heavy atom. The normalized spacial score (nSPS) is 10.4. The first-order chi connectivity index (χ1) is 6.77. The van der Waals surface area contributed by atoms with Gasteiger partial charge in [0.05, 0.1) is 18.2 Å². The molecule has 0 aliphatic carbocycles. The molecule has 2 aromatic heterocycles. The van der Waals surface area contributed by atoms with E-state index in [4.69, 9.17) is 16.0 Å². The lowest BCUT2D eigenvalue weighted by atomic mass is 10.3. The minimum absolute atomic E-state index is 0.499. The Bertz CT molecular complexity index is 464. The molecule has 0 radical (unpaired) electrons. The third-order valence-corrected chi connectivity index (χ3v) is 1.96. The van der Waals surface area contributed by atoms with E-state index < -0.39 is 0 Å². The molecule has 0 saturated carbocycles. The fourth-order valence-corrected chi connectivity index (χ4v) is 1.28. The van der Waals surface area contributed by atoms with Gasteiger partial charge in [-0.3, -0.25) is 0 Å². The molecule has 0 aliphatic heterocycles. The smallest absolute Gasteiger partial charge is 0.139 e. The van der Waals surface area contributed by atoms with Crippen LogP contribution in [0.3, 0.4) is 0 Å². The van der Waals surface area contributed by atoms with Crippen LogP contribution in [0.15, 0.2) is 40.6 Å². The van der Waals surface area contributed by atoms with Gasteiger partial charge in [0.1, 0.15) is 11.4 Å². The van der Waals surface area contributed by atoms with E-state index in [-0.39, 0.29) is 0 Å². The summed E-state index contributed by atoms with van der Waals surface area (Å²) in [5.41, 5.74) is 0.808. The van der Waals surface area contributed by atoms with Gasteiger partial charge in [-0.2, -0.15) is 0 Å². The summed E-state index contributed by atoms with van der Waals surface area (Å²) in [6.45, 7) is 4.09. The molecule has 0 saturated heterocycles. The van der Waals surface area contributed by atoms with Crippen molar-refractivity contribution in [3.8, 4) is 0 Å². The van der Waals surface area contributed by atoms with Crippen LogP contribution in [-0.2, 0) is 0 Å². The van der Waals surface area contributed by atoms with Crippen molar-refractivity contribution in [2.24, 2.45) is 0 Å². The molecule has 2 rings (SSSR count). The van der Waals surface area contributed by atoms with Gasteiger partial charge in [-0.1, -0.05) is 18.2 Å². The molecule has 1 N–H and O–H groups in total. The summed E-state index contributed by atoms with van der Waals surface area (Å²) in [5, 5.41) is 4.57. The Labute approximate surface area is 86.4 Å². The van der Waals surface area contributed by atoms with Gasteiger partial charge in [-0.15, -0.1) is 0 Å². The molecule has 0 atom stereocenters. The molecule has 0 aliphatic rings. The lowest BCUT2D eigenvalue weighted by molar-refractivity contribution is 0.615. The summed E-state index contributed by atoms with van der Waals surface area (Å²) >= 11 is 5.64. The fourth-order valence-electron chi connectivity index (χ4n) is 1.22. The molecule has 2 aromatic rings. The first-order valence-corrected chi connectivity index (χ1v) is 4.54. The molecule has 14 heavy (non-hydrogen) atoms. The van der Waals surface area contributed by atoms with Crippen LogP contribution in [0.1, 0.15) is 0 Å². The van der Waals surface area contributed by atoms with Crippen molar-refractivity contribution in [2.75, 3.05) is 11.9 Å². The Hall–Kier alpha value is -1.48. The molecule has 0 unspecified atom stereocenters. The van der Waals surface area contributed by atoms with Gasteiger partial charge in [0, 0.05) is 11.2 Å². The van der Waals surface area contributed by atoms with Crippen LogP contribution in [-0.4, -0.2) is 11.5 Å². The second-order valence-electron chi connectivity index (χ2n) is 2.86. The number of nitrogens with one attached hydrogen (secondary N) is 1. The van der Waals surface area contributed by atoms with Gasteiger partial charge >= 0.3 is 0 Å². The van der Waals surface area contributed by atoms with E-state index in [2.05, 4.69) is 16.9 Å². The highest BCUT2D eigenvalue weighted by Crippen LogP contribution is 2.21. The number of pyridine rings is 1. The van der Waals surface area contributed by atoms with Crippen molar-refractivity contribution in [3.63, 3.8) is 0 Å². The lowest BCUT2D eigenvalue weighted by Crippen LogP contribution is -2.02. The highest BCUT2D eigenvalue weighted by Gasteiger charge is 2.03. The quantitative estimate of drug-likeness (QED) is 0.843. The molecule has 0 amide bonds. The monoisotopic (exact) mass is 208 g/mol. The zero-order chi connectivity index (χ0) is 9.97. The number of aromatic nitrogens is 1. The molecular weight excluding hydrogens is 200 g/mol. The summed E-state index contributed by atoms with van der Waals surface area (Å²) in [7, 11) is 0. The van der Waals surface area contributed by atoms with E-state index in [1.54, 1.807) is 12.5 Å². The van der Waals surface area contributed by atoms with Gasteiger partial charge < -0.3 is 9.73 Å². The molecule has 0 spiro atoms. The Morgan fingerprint density at radius 2 is 2.43 bits per heavy atom. The third-order valence-electron chi connectivity index (χ3n) is 1.83. The lowest BCUT2D eigenvalue weighted by Gasteiger charge is -2.03. The third kappa shape index (κ3) is 1.72. The highest BCUT2D eigenvalue weighted by molar-refractivity contribution is 6.29. The van der Waals surface area contributed by atoms with Gasteiger partial charge in [0.15, 0.2) is 0 Å². The molecule has 72 valence electrons. The average molecular weight is 209 g/mol. The van der Waals surface area contributed by atoms with Crippen LogP contribution in [0.4, 0.5) is 5.82 Å². The number of fused-ring (bicyclic) bond motifs is 1. The topological polar surface area (TPSA) is 38.1 Å². The summed E-state index contributed by atoms with van der Waals surface area (Å²) < 4.78 is 5.23. The van der Waals surface area contributed by atoms with Crippen molar-refractivity contribution in [3.05, 3.63) is 36.2 Å². The molecule has 2 heterocycles. The number of nitrogens with zero attached hydrogens (tertiary/aromatic N) is 1. The number of rotatable bonds is 3. The van der Waals surface area contributed by atoms with Gasteiger partial charge in [0.2, 0.25) is 0 Å². The summed E-state index contributed by atoms with van der Waals surface area (Å²) in [6.07, 6.45) is 3.32. The number of anilines is 1. The van der Waals surface area contributed by atoms with Gasteiger partial charge in [-0.05, 0) is 12.1 Å². The second kappa shape index (κ2) is 3.72. The van der Waals surface area contributed by atoms with Gasteiger partial charge in [0.25, 0.3) is 0 Å². The maximum atomic E-state index is 5.64. The summed E-state index contributed by atoms with van der Waals surface area (Å²) in [5.74, 6) is 0.762. The first-order valence-electron chi connectivity index (χ1n) is 4.17. The minimum Gasteiger partial charge on any atom is -0.464 e. The maximum absolute atomic E-state index is 5.64. The van der Waals surface area contributed by atoms with Crippen LogP contribution >= 0.6 is 11.6 Å². The molecular formula is C10H9ClN2O. The summed E-state index contributed by atoms with van der Waals surface area (Å²) in [4.78, 5) is 4.18. The maximum Gasteiger partial charge on any atom is 0.139 e. The van der Waals surface area contributed by atoms with E-state index in [9.17, 15) is 0 Å². The van der Waals surface area contributed by atoms with Crippen LogP contribution in [0, 0.1) is 0 Å². The average Bonchev–Trinajstić information content (AvgIpc) is 2.62. The van der Waals surface area contributed by atoms with Crippen LogP contribution < -0.4 is 5.32 Å². The van der Waals surface area contributed by atoms with E-state index in [0.29, 0.717) is 11.6 Å². The highest BCUT2D eigenvalue weighted by atomic mass is 35.5. The van der Waals surface area contributed by atoms with Crippen LogP contribution in [0.2, 0.25) is 0 Å². The SMILES string of the molecule is C=C(Cl)CNc1nccc2occc12. The molecule has 0 aromatic carbocycles. The largest absolute Gasteiger partial charge is 0.464 e. The zero-order valence-electron chi connectivity index (χ0n) is 7.46. The number of hydrogen-bond acceptors (Lipinski definition) is 3. The predicted molar refractivity (Wildman–Crippen MR) is 57.5 cm³/mol. The van der Waals surface area contributed by atoms with Crippen molar-refractivity contribution >= 4 is 28.4 Å². The molecule has 0 fully saturated rings. The molecule has 0 bridgehead atoms. The van der Waals surface area contributed by atoms with Crippen molar-refractivity contribution in [1.82, 2.24) is 4.98 Å². The Balaban J connectivity index is 2.32. The fraction of sp³-hybridized carbons (Fsp3) is 0.100. The second-order valence-corrected chi connectivity index (χ2v) is 3.40. The van der Waals surface area contributed by atoms with Crippen LogP contribution in [0.25, 0.3) is 11.0 Å². The number of halogens is 1. The van der Waals surface area contributed by atoms with Crippen molar-refractivity contribution in [1.29, 1.82) is 0 Å². The van der Waals surface area contributed by atoms with E-state index >= 15 is 0 Å². The van der Waals surface area contributed by atoms with Crippen molar-refractivity contribution < 1.29 is 4.42 Å². The molecule has 3 nitrogen and oxygen atoms in total. The minimum atomic E-state index is 0.499. The number of hydrogen-bond donors (Lipinski definition) is 1.